The highest BCUT2D eigenvalue weighted by atomic mass is 16.3. The van der Waals surface area contributed by atoms with Crippen molar-refractivity contribution in [2.24, 2.45) is 0 Å². The van der Waals surface area contributed by atoms with E-state index in [0.29, 0.717) is 0 Å². The molecule has 0 amide bonds. The maximum atomic E-state index is 5.79. The first kappa shape index (κ1) is 12.9. The van der Waals surface area contributed by atoms with Crippen molar-refractivity contribution in [3.05, 3.63) is 41.9 Å². The van der Waals surface area contributed by atoms with E-state index in [4.69, 9.17) is 4.42 Å². The third-order valence-corrected chi connectivity index (χ3v) is 2.92. The predicted octanol–water partition coefficient (Wildman–Crippen LogP) is 2.59. The Morgan fingerprint density at radius 2 is 2.11 bits per heavy atom. The summed E-state index contributed by atoms with van der Waals surface area (Å²) in [5.41, 5.74) is 0. The molecular formula is C14H21N3O. The normalized spacial score (nSPS) is 11.0. The molecular weight excluding hydrogens is 226 g/mol. The Hall–Kier alpha value is -1.55. The molecule has 0 spiro atoms. The minimum Gasteiger partial charge on any atom is -0.464 e. The van der Waals surface area contributed by atoms with Crippen LogP contribution in [-0.4, -0.2) is 16.1 Å². The number of imidazole rings is 1. The van der Waals surface area contributed by atoms with Gasteiger partial charge >= 0.3 is 0 Å². The van der Waals surface area contributed by atoms with Crippen LogP contribution in [0.2, 0.25) is 0 Å². The first-order valence-electron chi connectivity index (χ1n) is 6.61. The summed E-state index contributed by atoms with van der Waals surface area (Å²) in [6.45, 7) is 7.05. The van der Waals surface area contributed by atoms with E-state index in [1.807, 2.05) is 24.5 Å². The van der Waals surface area contributed by atoms with Crippen LogP contribution in [0.25, 0.3) is 0 Å². The first-order valence-corrected chi connectivity index (χ1v) is 6.61. The van der Waals surface area contributed by atoms with Crippen LogP contribution < -0.4 is 5.32 Å². The zero-order valence-electron chi connectivity index (χ0n) is 11.1. The number of aryl methyl sites for hydroxylation is 1. The van der Waals surface area contributed by atoms with Crippen LogP contribution in [0, 0.1) is 0 Å². The summed E-state index contributed by atoms with van der Waals surface area (Å²) in [6, 6.07) is 4.08. The number of nitrogens with one attached hydrogen (secondary N) is 1. The SMILES string of the molecule is CCCNCc1ccc(Cc2nccn2CC)o1. The van der Waals surface area contributed by atoms with Crippen molar-refractivity contribution in [1.29, 1.82) is 0 Å². The Labute approximate surface area is 108 Å². The van der Waals surface area contributed by atoms with E-state index >= 15 is 0 Å². The van der Waals surface area contributed by atoms with Gasteiger partial charge in [0.1, 0.15) is 17.3 Å². The van der Waals surface area contributed by atoms with Gasteiger partial charge in [-0.1, -0.05) is 6.92 Å². The molecule has 0 radical (unpaired) electrons. The number of nitrogens with zero attached hydrogens (tertiary/aromatic N) is 2. The van der Waals surface area contributed by atoms with E-state index in [-0.39, 0.29) is 0 Å². The average Bonchev–Trinajstić information content (AvgIpc) is 2.99. The van der Waals surface area contributed by atoms with E-state index in [0.717, 1.165) is 49.8 Å². The molecule has 0 aliphatic carbocycles. The zero-order valence-corrected chi connectivity index (χ0v) is 11.1. The Balaban J connectivity index is 1.94. The van der Waals surface area contributed by atoms with Crippen LogP contribution in [0.5, 0.6) is 0 Å². The van der Waals surface area contributed by atoms with Crippen LogP contribution in [0.1, 0.15) is 37.6 Å². The minimum absolute atomic E-state index is 0.759. The third kappa shape index (κ3) is 3.23. The van der Waals surface area contributed by atoms with Crippen molar-refractivity contribution < 1.29 is 4.42 Å². The van der Waals surface area contributed by atoms with Crippen molar-refractivity contribution >= 4 is 0 Å². The van der Waals surface area contributed by atoms with Crippen molar-refractivity contribution in [3.8, 4) is 0 Å². The molecule has 2 rings (SSSR count). The highest BCUT2D eigenvalue weighted by Gasteiger charge is 2.07. The van der Waals surface area contributed by atoms with Crippen molar-refractivity contribution in [2.75, 3.05) is 6.54 Å². The number of aromatic nitrogens is 2. The van der Waals surface area contributed by atoms with Gasteiger partial charge in [-0.2, -0.15) is 0 Å². The largest absolute Gasteiger partial charge is 0.464 e. The summed E-state index contributed by atoms with van der Waals surface area (Å²) < 4.78 is 7.92. The van der Waals surface area contributed by atoms with Crippen LogP contribution in [-0.2, 0) is 19.5 Å². The lowest BCUT2D eigenvalue weighted by atomic mass is 10.3. The van der Waals surface area contributed by atoms with Gasteiger partial charge in [0.2, 0.25) is 0 Å². The molecule has 2 heterocycles. The quantitative estimate of drug-likeness (QED) is 0.765. The molecule has 0 aliphatic heterocycles. The van der Waals surface area contributed by atoms with Crippen LogP contribution >= 0.6 is 0 Å². The number of furan rings is 1. The van der Waals surface area contributed by atoms with Crippen molar-refractivity contribution in [1.82, 2.24) is 14.9 Å². The molecule has 18 heavy (non-hydrogen) atoms. The second-order valence-corrected chi connectivity index (χ2v) is 4.35. The lowest BCUT2D eigenvalue weighted by molar-refractivity contribution is 0.449. The molecule has 0 saturated carbocycles. The number of rotatable bonds is 7. The Bertz CT molecular complexity index is 473. The number of hydrogen-bond acceptors (Lipinski definition) is 3. The van der Waals surface area contributed by atoms with E-state index in [1.165, 1.54) is 0 Å². The lowest BCUT2D eigenvalue weighted by Crippen LogP contribution is -2.13. The second-order valence-electron chi connectivity index (χ2n) is 4.35. The van der Waals surface area contributed by atoms with E-state index < -0.39 is 0 Å². The Morgan fingerprint density at radius 3 is 2.89 bits per heavy atom. The molecule has 0 atom stereocenters. The van der Waals surface area contributed by atoms with Crippen LogP contribution in [0.3, 0.4) is 0 Å². The maximum absolute atomic E-state index is 5.79. The maximum Gasteiger partial charge on any atom is 0.117 e. The smallest absolute Gasteiger partial charge is 0.117 e. The summed E-state index contributed by atoms with van der Waals surface area (Å²) in [4.78, 5) is 4.35. The van der Waals surface area contributed by atoms with E-state index in [1.54, 1.807) is 0 Å². The highest BCUT2D eigenvalue weighted by Crippen LogP contribution is 2.12. The molecule has 2 aromatic rings. The van der Waals surface area contributed by atoms with Gasteiger partial charge in [-0.25, -0.2) is 4.98 Å². The van der Waals surface area contributed by atoms with Gasteiger partial charge in [-0.3, -0.25) is 0 Å². The summed E-state index contributed by atoms with van der Waals surface area (Å²) in [7, 11) is 0. The lowest BCUT2D eigenvalue weighted by Gasteiger charge is -2.02. The fourth-order valence-corrected chi connectivity index (χ4v) is 1.95. The fourth-order valence-electron chi connectivity index (χ4n) is 1.95. The summed E-state index contributed by atoms with van der Waals surface area (Å²) >= 11 is 0. The first-order chi connectivity index (χ1) is 8.83. The summed E-state index contributed by atoms with van der Waals surface area (Å²) in [5, 5.41) is 3.33. The molecule has 0 aliphatic rings. The standard InChI is InChI=1S/C14H21N3O/c1-3-7-15-11-13-6-5-12(18-13)10-14-16-8-9-17(14)4-2/h5-6,8-9,15H,3-4,7,10-11H2,1-2H3. The summed E-state index contributed by atoms with van der Waals surface area (Å²) in [6.07, 6.45) is 5.74. The van der Waals surface area contributed by atoms with Gasteiger partial charge < -0.3 is 14.3 Å². The molecule has 2 aromatic heterocycles. The molecule has 0 aromatic carbocycles. The zero-order chi connectivity index (χ0) is 12.8. The predicted molar refractivity (Wildman–Crippen MR) is 71.4 cm³/mol. The topological polar surface area (TPSA) is 43.0 Å². The molecule has 98 valence electrons. The Morgan fingerprint density at radius 1 is 1.28 bits per heavy atom. The fraction of sp³-hybridized carbons (Fsp3) is 0.500. The van der Waals surface area contributed by atoms with Crippen molar-refractivity contribution in [3.63, 3.8) is 0 Å². The monoisotopic (exact) mass is 247 g/mol. The second kappa shape index (κ2) is 6.40. The molecule has 0 saturated heterocycles. The van der Waals surface area contributed by atoms with Gasteiger partial charge in [-0.05, 0) is 32.0 Å². The van der Waals surface area contributed by atoms with Gasteiger partial charge in [0.15, 0.2) is 0 Å². The average molecular weight is 247 g/mol. The minimum atomic E-state index is 0.759. The molecule has 0 fully saturated rings. The van der Waals surface area contributed by atoms with E-state index in [9.17, 15) is 0 Å². The van der Waals surface area contributed by atoms with Crippen LogP contribution in [0.4, 0.5) is 0 Å². The molecule has 0 bridgehead atoms. The molecule has 0 unspecified atom stereocenters. The van der Waals surface area contributed by atoms with Crippen LogP contribution in [0.15, 0.2) is 28.9 Å². The highest BCUT2D eigenvalue weighted by molar-refractivity contribution is 5.12. The van der Waals surface area contributed by atoms with Crippen molar-refractivity contribution in [2.45, 2.75) is 39.8 Å². The van der Waals surface area contributed by atoms with Gasteiger partial charge in [0.05, 0.1) is 13.0 Å². The van der Waals surface area contributed by atoms with Gasteiger partial charge in [-0.15, -0.1) is 0 Å². The van der Waals surface area contributed by atoms with Gasteiger partial charge in [0.25, 0.3) is 0 Å². The molecule has 4 heteroatoms. The molecule has 4 nitrogen and oxygen atoms in total. The third-order valence-electron chi connectivity index (χ3n) is 2.92. The number of hydrogen-bond donors (Lipinski definition) is 1. The van der Waals surface area contributed by atoms with E-state index in [2.05, 4.69) is 28.7 Å². The molecule has 1 N–H and O–H groups in total. The van der Waals surface area contributed by atoms with Gasteiger partial charge in [0, 0.05) is 18.9 Å². The Kier molecular flexibility index (Phi) is 4.59. The summed E-state index contributed by atoms with van der Waals surface area (Å²) in [5.74, 6) is 3.03.